The number of nitrogens with one attached hydrogen (secondary N) is 1. The Balaban J connectivity index is 3.68. The first kappa shape index (κ1) is 15.4. The molecular weight excluding hydrogens is 202 g/mol. The molecule has 0 rings (SSSR count). The topological polar surface area (TPSA) is 49.3 Å². The normalized spacial score (nSPS) is 13.8. The quantitative estimate of drug-likeness (QED) is 0.598. The lowest BCUT2D eigenvalue weighted by Crippen LogP contribution is -2.34. The van der Waals surface area contributed by atoms with Gasteiger partial charge in [0.1, 0.15) is 0 Å². The molecule has 0 aliphatic rings. The van der Waals surface area contributed by atoms with Crippen molar-refractivity contribution in [2.75, 3.05) is 13.1 Å². The molecule has 0 saturated heterocycles. The standard InChI is InChI=1S/C13H27NO2/c1-5-6-7-8-13(3,4)10-14-9-11(2)12(15)16/h11,14H,5-10H2,1-4H3,(H,15,16). The Morgan fingerprint density at radius 1 is 1.38 bits per heavy atom. The fraction of sp³-hybridized carbons (Fsp3) is 0.923. The second-order valence-electron chi connectivity index (χ2n) is 5.49. The highest BCUT2D eigenvalue weighted by atomic mass is 16.4. The zero-order chi connectivity index (χ0) is 12.6. The third-order valence-corrected chi connectivity index (χ3v) is 2.93. The molecule has 0 aromatic rings. The molecule has 1 atom stereocenters. The second kappa shape index (κ2) is 7.66. The van der Waals surface area contributed by atoms with Crippen molar-refractivity contribution in [1.82, 2.24) is 5.32 Å². The minimum Gasteiger partial charge on any atom is -0.481 e. The van der Waals surface area contributed by atoms with Gasteiger partial charge in [-0.25, -0.2) is 0 Å². The molecule has 0 aromatic heterocycles. The van der Waals surface area contributed by atoms with Gasteiger partial charge in [-0.15, -0.1) is 0 Å². The highest BCUT2D eigenvalue weighted by Gasteiger charge is 2.18. The van der Waals surface area contributed by atoms with Gasteiger partial charge in [0.05, 0.1) is 5.92 Å². The Morgan fingerprint density at radius 3 is 2.50 bits per heavy atom. The van der Waals surface area contributed by atoms with Gasteiger partial charge >= 0.3 is 5.97 Å². The number of rotatable bonds is 9. The van der Waals surface area contributed by atoms with Crippen LogP contribution in [0, 0.1) is 11.3 Å². The van der Waals surface area contributed by atoms with Crippen LogP contribution in [0.5, 0.6) is 0 Å². The van der Waals surface area contributed by atoms with Gasteiger partial charge in [-0.3, -0.25) is 4.79 Å². The molecule has 96 valence electrons. The third-order valence-electron chi connectivity index (χ3n) is 2.93. The van der Waals surface area contributed by atoms with Crippen LogP contribution in [-0.2, 0) is 4.79 Å². The Hall–Kier alpha value is -0.570. The van der Waals surface area contributed by atoms with Gasteiger partial charge in [0.2, 0.25) is 0 Å². The zero-order valence-corrected chi connectivity index (χ0v) is 11.2. The number of carbonyl (C=O) groups is 1. The predicted molar refractivity (Wildman–Crippen MR) is 67.6 cm³/mol. The van der Waals surface area contributed by atoms with E-state index in [1.165, 1.54) is 25.7 Å². The van der Waals surface area contributed by atoms with Crippen molar-refractivity contribution in [1.29, 1.82) is 0 Å². The summed E-state index contributed by atoms with van der Waals surface area (Å²) in [6.45, 7) is 9.88. The Labute approximate surface area is 99.6 Å². The van der Waals surface area contributed by atoms with E-state index in [2.05, 4.69) is 26.1 Å². The van der Waals surface area contributed by atoms with Gasteiger partial charge in [0, 0.05) is 13.1 Å². The SMILES string of the molecule is CCCCCC(C)(C)CNCC(C)C(=O)O. The lowest BCUT2D eigenvalue weighted by atomic mass is 9.87. The molecule has 0 amide bonds. The number of carboxylic acids is 1. The van der Waals surface area contributed by atoms with Crippen LogP contribution in [0.4, 0.5) is 0 Å². The predicted octanol–water partition coefficient (Wildman–Crippen LogP) is 2.90. The molecule has 3 nitrogen and oxygen atoms in total. The molecule has 3 heteroatoms. The van der Waals surface area contributed by atoms with E-state index in [-0.39, 0.29) is 11.3 Å². The largest absolute Gasteiger partial charge is 0.481 e. The first-order valence-corrected chi connectivity index (χ1v) is 6.32. The molecule has 0 fully saturated rings. The van der Waals surface area contributed by atoms with Crippen LogP contribution in [0.25, 0.3) is 0 Å². The van der Waals surface area contributed by atoms with Crippen molar-refractivity contribution in [3.63, 3.8) is 0 Å². The summed E-state index contributed by atoms with van der Waals surface area (Å²) in [5, 5.41) is 12.0. The van der Waals surface area contributed by atoms with Crippen LogP contribution in [0.2, 0.25) is 0 Å². The lowest BCUT2D eigenvalue weighted by Gasteiger charge is -2.25. The zero-order valence-electron chi connectivity index (χ0n) is 11.2. The van der Waals surface area contributed by atoms with E-state index < -0.39 is 5.97 Å². The molecule has 0 saturated carbocycles. The second-order valence-corrected chi connectivity index (χ2v) is 5.49. The maximum Gasteiger partial charge on any atom is 0.307 e. The summed E-state index contributed by atoms with van der Waals surface area (Å²) in [7, 11) is 0. The van der Waals surface area contributed by atoms with Gasteiger partial charge in [0.15, 0.2) is 0 Å². The maximum atomic E-state index is 10.6. The molecule has 2 N–H and O–H groups in total. The lowest BCUT2D eigenvalue weighted by molar-refractivity contribution is -0.140. The van der Waals surface area contributed by atoms with Gasteiger partial charge in [-0.05, 0) is 11.8 Å². The van der Waals surface area contributed by atoms with E-state index in [1.54, 1.807) is 6.92 Å². The first-order valence-electron chi connectivity index (χ1n) is 6.32. The molecule has 1 unspecified atom stereocenters. The van der Waals surface area contributed by atoms with Crippen LogP contribution in [-0.4, -0.2) is 24.2 Å². The number of aliphatic carboxylic acids is 1. The molecular formula is C13H27NO2. The summed E-state index contributed by atoms with van der Waals surface area (Å²) >= 11 is 0. The molecule has 0 spiro atoms. The molecule has 0 aliphatic carbocycles. The molecule has 0 heterocycles. The van der Waals surface area contributed by atoms with E-state index in [0.717, 1.165) is 6.54 Å². The first-order chi connectivity index (χ1) is 7.39. The van der Waals surface area contributed by atoms with E-state index in [4.69, 9.17) is 5.11 Å². The smallest absolute Gasteiger partial charge is 0.307 e. The van der Waals surface area contributed by atoms with Crippen molar-refractivity contribution < 1.29 is 9.90 Å². The van der Waals surface area contributed by atoms with Crippen molar-refractivity contribution in [3.8, 4) is 0 Å². The van der Waals surface area contributed by atoms with Crippen LogP contribution < -0.4 is 5.32 Å². The molecule has 0 radical (unpaired) electrons. The average molecular weight is 229 g/mol. The Morgan fingerprint density at radius 2 is 2.00 bits per heavy atom. The number of carboxylic acid groups (broad SMARTS) is 1. The molecule has 0 aromatic carbocycles. The highest BCUT2D eigenvalue weighted by molar-refractivity contribution is 5.69. The maximum absolute atomic E-state index is 10.6. The fourth-order valence-electron chi connectivity index (χ4n) is 1.66. The van der Waals surface area contributed by atoms with Crippen LogP contribution in [0.1, 0.15) is 53.4 Å². The summed E-state index contributed by atoms with van der Waals surface area (Å²) in [6.07, 6.45) is 5.00. The number of hydrogen-bond donors (Lipinski definition) is 2. The molecule has 0 bridgehead atoms. The van der Waals surface area contributed by atoms with Crippen molar-refractivity contribution in [2.45, 2.75) is 53.4 Å². The molecule has 0 aliphatic heterocycles. The van der Waals surface area contributed by atoms with E-state index >= 15 is 0 Å². The van der Waals surface area contributed by atoms with Crippen LogP contribution >= 0.6 is 0 Å². The number of hydrogen-bond acceptors (Lipinski definition) is 2. The average Bonchev–Trinajstić information content (AvgIpc) is 2.17. The van der Waals surface area contributed by atoms with E-state index in [9.17, 15) is 4.79 Å². The Kier molecular flexibility index (Phi) is 7.39. The number of unbranched alkanes of at least 4 members (excludes halogenated alkanes) is 2. The highest BCUT2D eigenvalue weighted by Crippen LogP contribution is 2.22. The monoisotopic (exact) mass is 229 g/mol. The van der Waals surface area contributed by atoms with Crippen LogP contribution in [0.3, 0.4) is 0 Å². The summed E-state index contributed by atoms with van der Waals surface area (Å²) in [5.74, 6) is -1.03. The summed E-state index contributed by atoms with van der Waals surface area (Å²) in [4.78, 5) is 10.6. The van der Waals surface area contributed by atoms with Gasteiger partial charge in [-0.1, -0.05) is 47.0 Å². The van der Waals surface area contributed by atoms with Crippen molar-refractivity contribution >= 4 is 5.97 Å². The van der Waals surface area contributed by atoms with E-state index in [0.29, 0.717) is 6.54 Å². The fourth-order valence-corrected chi connectivity index (χ4v) is 1.66. The van der Waals surface area contributed by atoms with Crippen LogP contribution in [0.15, 0.2) is 0 Å². The summed E-state index contributed by atoms with van der Waals surface area (Å²) in [6, 6.07) is 0. The summed E-state index contributed by atoms with van der Waals surface area (Å²) in [5.41, 5.74) is 0.271. The summed E-state index contributed by atoms with van der Waals surface area (Å²) < 4.78 is 0. The van der Waals surface area contributed by atoms with Gasteiger partial charge in [0.25, 0.3) is 0 Å². The minimum atomic E-state index is -0.726. The van der Waals surface area contributed by atoms with Gasteiger partial charge in [-0.2, -0.15) is 0 Å². The third kappa shape index (κ3) is 7.69. The molecule has 16 heavy (non-hydrogen) atoms. The Bertz CT molecular complexity index is 202. The minimum absolute atomic E-state index is 0.271. The van der Waals surface area contributed by atoms with E-state index in [1.807, 2.05) is 0 Å². The van der Waals surface area contributed by atoms with Crippen molar-refractivity contribution in [3.05, 3.63) is 0 Å². The van der Waals surface area contributed by atoms with Gasteiger partial charge < -0.3 is 10.4 Å². The van der Waals surface area contributed by atoms with Crippen molar-refractivity contribution in [2.24, 2.45) is 11.3 Å².